The third-order valence-electron chi connectivity index (χ3n) is 2.43. The largest absolute Gasteiger partial charge is 0.379 e. The van der Waals surface area contributed by atoms with Crippen LogP contribution in [0.3, 0.4) is 0 Å². The molecule has 0 aromatic heterocycles. The van der Waals surface area contributed by atoms with E-state index in [1.54, 1.807) is 19.9 Å². The highest BCUT2D eigenvalue weighted by Crippen LogP contribution is 2.11. The zero-order valence-corrected chi connectivity index (χ0v) is 10.8. The van der Waals surface area contributed by atoms with Gasteiger partial charge in [-0.1, -0.05) is 0 Å². The highest BCUT2D eigenvalue weighted by atomic mass is 32.2. The van der Waals surface area contributed by atoms with Crippen molar-refractivity contribution in [3.05, 3.63) is 11.1 Å². The molecule has 1 fully saturated rings. The Balaban J connectivity index is 2.71. The normalized spacial score (nSPS) is 19.1. The molecule has 0 aliphatic carbocycles. The van der Waals surface area contributed by atoms with Crippen LogP contribution in [0.15, 0.2) is 11.1 Å². The van der Waals surface area contributed by atoms with Gasteiger partial charge in [0.15, 0.2) is 14.7 Å². The molecule has 6 nitrogen and oxygen atoms in total. The van der Waals surface area contributed by atoms with Gasteiger partial charge in [0.25, 0.3) is 0 Å². The molecule has 1 saturated heterocycles. The van der Waals surface area contributed by atoms with Crippen molar-refractivity contribution in [3.63, 3.8) is 0 Å². The first kappa shape index (κ1) is 14.0. The molecule has 1 aliphatic rings. The van der Waals surface area contributed by atoms with E-state index in [2.05, 4.69) is 5.43 Å². The lowest BCUT2D eigenvalue weighted by Crippen LogP contribution is -2.43. The summed E-state index contributed by atoms with van der Waals surface area (Å²) in [6, 6.07) is 1.72. The van der Waals surface area contributed by atoms with Gasteiger partial charge in [-0.05, 0) is 13.8 Å². The maximum Gasteiger partial charge on any atom is 0.192 e. The van der Waals surface area contributed by atoms with Crippen LogP contribution in [0.25, 0.3) is 0 Å². The van der Waals surface area contributed by atoms with E-state index in [-0.39, 0.29) is 4.91 Å². The van der Waals surface area contributed by atoms with E-state index in [4.69, 9.17) is 10.00 Å². The fraction of sp³-hybridized carbons (Fsp3) is 0.700. The molecule has 1 aliphatic heterocycles. The summed E-state index contributed by atoms with van der Waals surface area (Å²) in [5.41, 5.74) is 2.82. The Bertz CT molecular complexity index is 417. The molecule has 0 unspecified atom stereocenters. The molecule has 0 bridgehead atoms. The summed E-state index contributed by atoms with van der Waals surface area (Å²) in [6.07, 6.45) is 1.25. The molecule has 0 spiro atoms. The van der Waals surface area contributed by atoms with Crippen molar-refractivity contribution in [1.82, 2.24) is 10.4 Å². The topological polar surface area (TPSA) is 82.4 Å². The van der Waals surface area contributed by atoms with Crippen LogP contribution >= 0.6 is 0 Å². The molecule has 96 valence electrons. The number of morpholine rings is 1. The Hall–Kier alpha value is -1.10. The minimum atomic E-state index is -3.51. The highest BCUT2D eigenvalue weighted by molar-refractivity contribution is 7.96. The Kier molecular flexibility index (Phi) is 4.93. The van der Waals surface area contributed by atoms with Crippen LogP contribution < -0.4 is 5.43 Å². The van der Waals surface area contributed by atoms with Gasteiger partial charge >= 0.3 is 0 Å². The van der Waals surface area contributed by atoms with Crippen molar-refractivity contribution in [3.8, 4) is 6.07 Å². The monoisotopic (exact) mass is 259 g/mol. The number of nitrogens with zero attached hydrogens (tertiary/aromatic N) is 2. The number of hydrogen-bond acceptors (Lipinski definition) is 6. The molecule has 0 atom stereocenters. The minimum Gasteiger partial charge on any atom is -0.379 e. The van der Waals surface area contributed by atoms with E-state index >= 15 is 0 Å². The van der Waals surface area contributed by atoms with Gasteiger partial charge in [0.05, 0.1) is 18.5 Å². The van der Waals surface area contributed by atoms with Crippen molar-refractivity contribution in [1.29, 1.82) is 5.26 Å². The lowest BCUT2D eigenvalue weighted by Gasteiger charge is -2.26. The second-order valence-corrected chi connectivity index (χ2v) is 6.42. The zero-order chi connectivity index (χ0) is 12.9. The first-order valence-electron chi connectivity index (χ1n) is 5.41. The number of sulfone groups is 1. The molecule has 1 heterocycles. The summed E-state index contributed by atoms with van der Waals surface area (Å²) in [5.74, 6) is 0. The lowest BCUT2D eigenvalue weighted by molar-refractivity contribution is 0.0210. The highest BCUT2D eigenvalue weighted by Gasteiger charge is 2.22. The molecule has 1 N–H and O–H groups in total. The summed E-state index contributed by atoms with van der Waals surface area (Å²) in [6.45, 7) is 5.62. The Labute approximate surface area is 102 Å². The van der Waals surface area contributed by atoms with Gasteiger partial charge in [-0.2, -0.15) is 5.26 Å². The Morgan fingerprint density at radius 2 is 2.06 bits per heavy atom. The van der Waals surface area contributed by atoms with Crippen molar-refractivity contribution in [2.24, 2.45) is 0 Å². The van der Waals surface area contributed by atoms with Crippen molar-refractivity contribution in [2.45, 2.75) is 19.1 Å². The second kappa shape index (κ2) is 6.00. The van der Waals surface area contributed by atoms with Crippen molar-refractivity contribution >= 4 is 9.84 Å². The number of ether oxygens (including phenoxy) is 1. The van der Waals surface area contributed by atoms with Gasteiger partial charge in [0.2, 0.25) is 0 Å². The van der Waals surface area contributed by atoms with Gasteiger partial charge in [0.1, 0.15) is 6.07 Å². The van der Waals surface area contributed by atoms with Gasteiger partial charge < -0.3 is 10.2 Å². The quantitative estimate of drug-likeness (QED) is 0.716. The van der Waals surface area contributed by atoms with E-state index in [9.17, 15) is 8.42 Å². The zero-order valence-electron chi connectivity index (χ0n) is 10.0. The molecular weight excluding hydrogens is 242 g/mol. The second-order valence-electron chi connectivity index (χ2n) is 3.94. The Morgan fingerprint density at radius 1 is 1.47 bits per heavy atom. The van der Waals surface area contributed by atoms with Crippen LogP contribution in [0, 0.1) is 11.3 Å². The van der Waals surface area contributed by atoms with E-state index in [0.29, 0.717) is 26.3 Å². The van der Waals surface area contributed by atoms with E-state index in [1.165, 1.54) is 6.20 Å². The number of rotatable bonds is 4. The van der Waals surface area contributed by atoms with Crippen LogP contribution in [0.5, 0.6) is 0 Å². The molecule has 0 amide bonds. The molecular formula is C10H17N3O3S. The third-order valence-corrected chi connectivity index (χ3v) is 4.49. The van der Waals surface area contributed by atoms with Gasteiger partial charge in [0, 0.05) is 19.3 Å². The Morgan fingerprint density at radius 3 is 2.53 bits per heavy atom. The molecule has 7 heteroatoms. The van der Waals surface area contributed by atoms with Crippen LogP contribution in [-0.2, 0) is 14.6 Å². The van der Waals surface area contributed by atoms with Crippen LogP contribution in [0.1, 0.15) is 13.8 Å². The van der Waals surface area contributed by atoms with Gasteiger partial charge in [-0.3, -0.25) is 0 Å². The third kappa shape index (κ3) is 3.70. The van der Waals surface area contributed by atoms with Crippen molar-refractivity contribution in [2.75, 3.05) is 26.3 Å². The first-order chi connectivity index (χ1) is 7.98. The summed E-state index contributed by atoms with van der Waals surface area (Å²) in [4.78, 5) is -0.237. The predicted molar refractivity (Wildman–Crippen MR) is 63.3 cm³/mol. The van der Waals surface area contributed by atoms with Crippen LogP contribution in [0.2, 0.25) is 0 Å². The average Bonchev–Trinajstić information content (AvgIpc) is 2.30. The molecule has 0 aromatic carbocycles. The van der Waals surface area contributed by atoms with Crippen LogP contribution in [-0.4, -0.2) is 45.0 Å². The van der Waals surface area contributed by atoms with Gasteiger partial charge in [-0.15, -0.1) is 0 Å². The standard InChI is InChI=1S/C10H17N3O3S/c1-9(2)17(14,15)10(7-11)8-12-13-3-5-16-6-4-13/h8-9,12H,3-6H2,1-2H3. The van der Waals surface area contributed by atoms with E-state index in [1.807, 2.05) is 5.01 Å². The number of hydrogen-bond donors (Lipinski definition) is 1. The average molecular weight is 259 g/mol. The minimum absolute atomic E-state index is 0.237. The maximum atomic E-state index is 11.8. The summed E-state index contributed by atoms with van der Waals surface area (Å²) < 4.78 is 28.7. The van der Waals surface area contributed by atoms with Crippen LogP contribution in [0.4, 0.5) is 0 Å². The molecule has 0 saturated carbocycles. The lowest BCUT2D eigenvalue weighted by atomic mass is 10.5. The van der Waals surface area contributed by atoms with Crippen molar-refractivity contribution < 1.29 is 13.2 Å². The molecule has 0 radical (unpaired) electrons. The fourth-order valence-corrected chi connectivity index (χ4v) is 2.13. The molecule has 17 heavy (non-hydrogen) atoms. The smallest absolute Gasteiger partial charge is 0.192 e. The number of hydrazine groups is 1. The molecule has 1 rings (SSSR count). The number of nitriles is 1. The molecule has 0 aromatic rings. The predicted octanol–water partition coefficient (Wildman–Crippen LogP) is 0.0114. The number of allylic oxidation sites excluding steroid dienone is 1. The van der Waals surface area contributed by atoms with Gasteiger partial charge in [-0.25, -0.2) is 13.4 Å². The fourth-order valence-electron chi connectivity index (χ4n) is 1.27. The first-order valence-corrected chi connectivity index (χ1v) is 6.96. The maximum absolute atomic E-state index is 11.8. The SMILES string of the molecule is CC(C)S(=O)(=O)C(C#N)=CNN1CCOCC1. The van der Waals surface area contributed by atoms with E-state index < -0.39 is 15.1 Å². The number of nitrogens with one attached hydrogen (secondary N) is 1. The van der Waals surface area contributed by atoms with E-state index in [0.717, 1.165) is 0 Å². The summed E-state index contributed by atoms with van der Waals surface area (Å²) >= 11 is 0. The summed E-state index contributed by atoms with van der Waals surface area (Å²) in [5, 5.41) is 10.1. The summed E-state index contributed by atoms with van der Waals surface area (Å²) in [7, 11) is -3.51.